The van der Waals surface area contributed by atoms with E-state index < -0.39 is 23.4 Å². The number of hydrogen-bond acceptors (Lipinski definition) is 5. The molecule has 3 aromatic heterocycles. The molecule has 31 heavy (non-hydrogen) atoms. The summed E-state index contributed by atoms with van der Waals surface area (Å²) in [6.45, 7) is 0. The summed E-state index contributed by atoms with van der Waals surface area (Å²) in [6, 6.07) is 13.9. The van der Waals surface area contributed by atoms with Gasteiger partial charge in [0.2, 0.25) is 5.78 Å². The van der Waals surface area contributed by atoms with Gasteiger partial charge in [0, 0.05) is 18.1 Å². The minimum Gasteiger partial charge on any atom is -0.478 e. The Bertz CT molecular complexity index is 1450. The van der Waals surface area contributed by atoms with Crippen LogP contribution in [0.2, 0.25) is 0 Å². The Kier molecular flexibility index (Phi) is 4.01. The molecule has 1 aliphatic carbocycles. The highest BCUT2D eigenvalue weighted by molar-refractivity contribution is 6.32. The maximum atomic E-state index is 13.3. The van der Waals surface area contributed by atoms with Crippen molar-refractivity contribution in [1.29, 1.82) is 0 Å². The quantitative estimate of drug-likeness (QED) is 0.471. The molecule has 4 aromatic rings. The van der Waals surface area contributed by atoms with Gasteiger partial charge in [-0.3, -0.25) is 19.4 Å². The molecule has 1 amide bonds. The number of pyridine rings is 2. The molecule has 0 atom stereocenters. The molecule has 0 unspecified atom stereocenters. The van der Waals surface area contributed by atoms with Crippen LogP contribution in [0.15, 0.2) is 67.0 Å². The average Bonchev–Trinajstić information content (AvgIpc) is 3.13. The van der Waals surface area contributed by atoms with Crippen LogP contribution in [0.1, 0.15) is 52.8 Å². The van der Waals surface area contributed by atoms with Gasteiger partial charge in [0.25, 0.3) is 5.91 Å². The number of aromatic carboxylic acids is 1. The predicted octanol–water partition coefficient (Wildman–Crippen LogP) is 3.06. The van der Waals surface area contributed by atoms with Gasteiger partial charge < -0.3 is 14.8 Å². The lowest BCUT2D eigenvalue weighted by Crippen LogP contribution is -2.25. The number of anilines is 1. The second-order valence-electron chi connectivity index (χ2n) is 6.95. The fourth-order valence-corrected chi connectivity index (χ4v) is 3.82. The van der Waals surface area contributed by atoms with Crippen molar-refractivity contribution in [3.63, 3.8) is 0 Å². The number of aromatic nitrogens is 2. The monoisotopic (exact) mass is 411 g/mol. The number of nitrogens with one attached hydrogen (secondary N) is 1. The van der Waals surface area contributed by atoms with Gasteiger partial charge in [-0.1, -0.05) is 12.1 Å². The summed E-state index contributed by atoms with van der Waals surface area (Å²) >= 11 is 0. The largest absolute Gasteiger partial charge is 0.478 e. The van der Waals surface area contributed by atoms with E-state index in [0.717, 1.165) is 0 Å². The summed E-state index contributed by atoms with van der Waals surface area (Å²) in [5.74, 6) is -2.67. The molecule has 0 aliphatic heterocycles. The molecule has 8 nitrogen and oxygen atoms in total. The SMILES string of the molecule is O=C(O)c1cccc(NC(=O)c2c3c(n4ccccc24)C(=O)c2ncccc2C3=O)c1. The third kappa shape index (κ3) is 2.73. The van der Waals surface area contributed by atoms with E-state index in [4.69, 9.17) is 0 Å². The van der Waals surface area contributed by atoms with Gasteiger partial charge in [0.15, 0.2) is 5.78 Å². The molecule has 150 valence electrons. The smallest absolute Gasteiger partial charge is 0.335 e. The van der Waals surface area contributed by atoms with E-state index in [2.05, 4.69) is 10.3 Å². The number of benzene rings is 1. The molecular formula is C23H13N3O5. The molecule has 0 radical (unpaired) electrons. The lowest BCUT2D eigenvalue weighted by Gasteiger charge is -2.14. The van der Waals surface area contributed by atoms with Gasteiger partial charge in [0.05, 0.1) is 27.8 Å². The van der Waals surface area contributed by atoms with E-state index in [9.17, 15) is 24.3 Å². The number of hydrogen-bond donors (Lipinski definition) is 2. The highest BCUT2D eigenvalue weighted by atomic mass is 16.4. The number of carboxylic acids is 1. The lowest BCUT2D eigenvalue weighted by molar-refractivity contribution is 0.0696. The highest BCUT2D eigenvalue weighted by Crippen LogP contribution is 2.33. The molecule has 0 bridgehead atoms. The first kappa shape index (κ1) is 18.4. The maximum Gasteiger partial charge on any atom is 0.335 e. The molecule has 3 heterocycles. The average molecular weight is 411 g/mol. The van der Waals surface area contributed by atoms with Crippen molar-refractivity contribution < 1.29 is 24.3 Å². The Hall–Kier alpha value is -4.59. The van der Waals surface area contributed by atoms with Crippen LogP contribution in [0.3, 0.4) is 0 Å². The van der Waals surface area contributed by atoms with Gasteiger partial charge in [-0.05, 0) is 42.5 Å². The molecule has 0 saturated carbocycles. The van der Waals surface area contributed by atoms with Crippen LogP contribution in [0.25, 0.3) is 5.52 Å². The summed E-state index contributed by atoms with van der Waals surface area (Å²) < 4.78 is 1.51. The van der Waals surface area contributed by atoms with E-state index in [0.29, 0.717) is 5.52 Å². The van der Waals surface area contributed by atoms with Crippen LogP contribution < -0.4 is 5.32 Å². The zero-order chi connectivity index (χ0) is 21.7. The van der Waals surface area contributed by atoms with Gasteiger partial charge >= 0.3 is 5.97 Å². The summed E-state index contributed by atoms with van der Waals surface area (Å²) in [5.41, 5.74) is 0.957. The number of nitrogens with zero attached hydrogens (tertiary/aromatic N) is 2. The molecule has 1 aromatic carbocycles. The number of rotatable bonds is 3. The second-order valence-corrected chi connectivity index (χ2v) is 6.95. The van der Waals surface area contributed by atoms with E-state index in [-0.39, 0.29) is 39.3 Å². The third-order valence-corrected chi connectivity index (χ3v) is 5.15. The molecule has 1 aliphatic rings. The highest BCUT2D eigenvalue weighted by Gasteiger charge is 2.38. The standard InChI is InChI=1S/C23H13N3O5/c27-20-14-7-4-9-24-18(14)21(28)19-17(20)16(15-8-1-2-10-26(15)19)22(29)25-13-6-3-5-12(11-13)23(30)31/h1-11H,(H,25,29)(H,30,31). The van der Waals surface area contributed by atoms with Crippen molar-refractivity contribution in [2.45, 2.75) is 0 Å². The van der Waals surface area contributed by atoms with Gasteiger partial charge in [0.1, 0.15) is 11.4 Å². The van der Waals surface area contributed by atoms with E-state index in [1.54, 1.807) is 36.5 Å². The first-order valence-electron chi connectivity index (χ1n) is 9.29. The molecule has 8 heteroatoms. The fourth-order valence-electron chi connectivity index (χ4n) is 3.82. The van der Waals surface area contributed by atoms with Crippen molar-refractivity contribution in [1.82, 2.24) is 9.38 Å². The van der Waals surface area contributed by atoms with E-state index in [1.807, 2.05) is 0 Å². The van der Waals surface area contributed by atoms with Crippen LogP contribution in [0.5, 0.6) is 0 Å². The Morgan fingerprint density at radius 2 is 1.81 bits per heavy atom. The van der Waals surface area contributed by atoms with Crippen molar-refractivity contribution >= 4 is 34.6 Å². The minimum absolute atomic E-state index is 0.00332. The third-order valence-electron chi connectivity index (χ3n) is 5.15. The summed E-state index contributed by atoms with van der Waals surface area (Å²) in [7, 11) is 0. The molecule has 2 N–H and O–H groups in total. The van der Waals surface area contributed by atoms with E-state index in [1.165, 1.54) is 34.9 Å². The number of carbonyl (C=O) groups is 4. The van der Waals surface area contributed by atoms with Crippen molar-refractivity contribution in [2.75, 3.05) is 5.32 Å². The molecular weight excluding hydrogens is 398 g/mol. The van der Waals surface area contributed by atoms with Crippen LogP contribution >= 0.6 is 0 Å². The molecule has 5 rings (SSSR count). The Balaban J connectivity index is 1.69. The topological polar surface area (TPSA) is 118 Å². The van der Waals surface area contributed by atoms with Crippen molar-refractivity contribution in [3.8, 4) is 0 Å². The summed E-state index contributed by atoms with van der Waals surface area (Å²) in [6.07, 6.45) is 3.04. The van der Waals surface area contributed by atoms with Crippen molar-refractivity contribution in [3.05, 3.63) is 101 Å². The molecule has 0 spiro atoms. The number of carboxylic acid groups (broad SMARTS) is 1. The van der Waals surface area contributed by atoms with E-state index >= 15 is 0 Å². The Labute approximate surface area is 174 Å². The Morgan fingerprint density at radius 1 is 0.968 bits per heavy atom. The predicted molar refractivity (Wildman–Crippen MR) is 110 cm³/mol. The molecule has 0 fully saturated rings. The molecule has 0 saturated heterocycles. The number of fused-ring (bicyclic) bond motifs is 4. The van der Waals surface area contributed by atoms with Gasteiger partial charge in [-0.25, -0.2) is 4.79 Å². The number of ketones is 2. The number of carbonyl (C=O) groups excluding carboxylic acids is 3. The van der Waals surface area contributed by atoms with Crippen LogP contribution in [-0.4, -0.2) is 37.9 Å². The van der Waals surface area contributed by atoms with Crippen LogP contribution in [0, 0.1) is 0 Å². The maximum absolute atomic E-state index is 13.3. The van der Waals surface area contributed by atoms with Gasteiger partial charge in [-0.2, -0.15) is 0 Å². The first-order valence-corrected chi connectivity index (χ1v) is 9.29. The van der Waals surface area contributed by atoms with Gasteiger partial charge in [-0.15, -0.1) is 0 Å². The minimum atomic E-state index is -1.13. The zero-order valence-corrected chi connectivity index (χ0v) is 15.8. The summed E-state index contributed by atoms with van der Waals surface area (Å²) in [5, 5.41) is 11.8. The number of amides is 1. The zero-order valence-electron chi connectivity index (χ0n) is 15.8. The fraction of sp³-hybridized carbons (Fsp3) is 0. The van der Waals surface area contributed by atoms with Crippen molar-refractivity contribution in [2.24, 2.45) is 0 Å². The Morgan fingerprint density at radius 3 is 2.61 bits per heavy atom. The first-order chi connectivity index (χ1) is 15.0. The summed E-state index contributed by atoms with van der Waals surface area (Å²) in [4.78, 5) is 55.0. The van der Waals surface area contributed by atoms with Crippen LogP contribution in [0.4, 0.5) is 5.69 Å². The van der Waals surface area contributed by atoms with Crippen LogP contribution in [-0.2, 0) is 0 Å². The lowest BCUT2D eigenvalue weighted by atomic mass is 9.89. The second kappa shape index (κ2) is 6.74. The normalized spacial score (nSPS) is 12.4.